The number of likely N-dealkylation sites (N-methyl/N-ethyl adjacent to an activating group) is 1. The molecule has 2 aliphatic rings. The van der Waals surface area contributed by atoms with Gasteiger partial charge < -0.3 is 34.3 Å². The number of anilines is 1. The number of hydrogen-bond acceptors (Lipinski definition) is 8. The minimum Gasteiger partial charge on any atom is -0.508 e. The van der Waals surface area contributed by atoms with E-state index in [1.165, 1.54) is 6.07 Å². The number of amides is 1. The van der Waals surface area contributed by atoms with E-state index in [1.54, 1.807) is 29.2 Å². The monoisotopic (exact) mass is 608 g/mol. The van der Waals surface area contributed by atoms with Gasteiger partial charge >= 0.3 is 5.97 Å². The minimum absolute atomic E-state index is 0.0326. The molecule has 2 aliphatic heterocycles. The fraction of sp³-hybridized carbons (Fsp3) is 0.394. The first-order valence-corrected chi connectivity index (χ1v) is 15.2. The molecule has 228 valence electrons. The van der Waals surface area contributed by atoms with E-state index in [4.69, 9.17) is 30.5 Å². The van der Waals surface area contributed by atoms with E-state index in [1.807, 2.05) is 37.4 Å². The molecule has 1 unspecified atom stereocenters. The molecule has 3 aromatic carbocycles. The standard InChI is InChI=1S/C33H37ClN2O7/c1-36(22-31(38)35-15-17-41-19-18-40-16-7-3-2-6-14-34)23-10-12-27-29(20-23)42-30-21-24(37)11-13-28(30)33(27)26-9-5-4-8-25(26)32(39)43-33/h4-5,8-13,20-21,37H,2-3,6-7,14-19,22H2,1H3,(H,35,38). The van der Waals surface area contributed by atoms with Crippen molar-refractivity contribution >= 4 is 29.2 Å². The highest BCUT2D eigenvalue weighted by atomic mass is 35.5. The highest BCUT2D eigenvalue weighted by Crippen LogP contribution is 2.56. The van der Waals surface area contributed by atoms with Crippen molar-refractivity contribution < 1.29 is 33.6 Å². The largest absolute Gasteiger partial charge is 0.508 e. The molecule has 1 spiro atoms. The zero-order chi connectivity index (χ0) is 30.2. The summed E-state index contributed by atoms with van der Waals surface area (Å²) in [6, 6.07) is 17.6. The molecule has 2 heterocycles. The molecule has 1 atom stereocenters. The molecular formula is C33H37ClN2O7. The summed E-state index contributed by atoms with van der Waals surface area (Å²) in [5.41, 5.74) is 2.01. The maximum atomic E-state index is 13.0. The van der Waals surface area contributed by atoms with Crippen molar-refractivity contribution in [3.63, 3.8) is 0 Å². The quantitative estimate of drug-likeness (QED) is 0.135. The third kappa shape index (κ3) is 6.74. The average molecular weight is 609 g/mol. The molecule has 0 radical (unpaired) electrons. The van der Waals surface area contributed by atoms with E-state index < -0.39 is 11.6 Å². The van der Waals surface area contributed by atoms with Crippen LogP contribution >= 0.6 is 11.6 Å². The van der Waals surface area contributed by atoms with Crippen LogP contribution in [0.4, 0.5) is 5.69 Å². The van der Waals surface area contributed by atoms with Gasteiger partial charge in [0.1, 0.15) is 17.2 Å². The lowest BCUT2D eigenvalue weighted by Gasteiger charge is -2.37. The predicted molar refractivity (Wildman–Crippen MR) is 163 cm³/mol. The number of aromatic hydroxyl groups is 1. The molecule has 0 aliphatic carbocycles. The highest BCUT2D eigenvalue weighted by molar-refractivity contribution is 6.17. The van der Waals surface area contributed by atoms with Crippen LogP contribution in [0.2, 0.25) is 0 Å². The normalized spacial score (nSPS) is 16.2. The van der Waals surface area contributed by atoms with Gasteiger partial charge in [0.2, 0.25) is 5.91 Å². The topological polar surface area (TPSA) is 107 Å². The summed E-state index contributed by atoms with van der Waals surface area (Å²) in [4.78, 5) is 27.4. The van der Waals surface area contributed by atoms with Crippen LogP contribution in [0.5, 0.6) is 17.2 Å². The van der Waals surface area contributed by atoms with Crippen LogP contribution in [0.25, 0.3) is 0 Å². The second-order valence-corrected chi connectivity index (χ2v) is 11.0. The number of rotatable bonds is 15. The Morgan fingerprint density at radius 1 is 0.907 bits per heavy atom. The van der Waals surface area contributed by atoms with Crippen LogP contribution in [-0.4, -0.2) is 69.4 Å². The van der Waals surface area contributed by atoms with Gasteiger partial charge in [-0.2, -0.15) is 0 Å². The van der Waals surface area contributed by atoms with Crippen molar-refractivity contribution in [2.24, 2.45) is 0 Å². The van der Waals surface area contributed by atoms with E-state index in [0.29, 0.717) is 66.0 Å². The SMILES string of the molecule is CN(CC(=O)NCCOCCOCCCCCCCl)c1ccc2c(c1)Oc1cc(O)ccc1C21OC(=O)c2ccccc21. The Morgan fingerprint density at radius 3 is 2.44 bits per heavy atom. The van der Waals surface area contributed by atoms with Gasteiger partial charge in [0.25, 0.3) is 0 Å². The van der Waals surface area contributed by atoms with Crippen molar-refractivity contribution in [1.29, 1.82) is 0 Å². The first kappa shape index (κ1) is 30.7. The number of carbonyl (C=O) groups is 2. The average Bonchev–Trinajstić information content (AvgIpc) is 3.29. The van der Waals surface area contributed by atoms with Crippen LogP contribution in [0.15, 0.2) is 60.7 Å². The molecule has 5 rings (SSSR count). The van der Waals surface area contributed by atoms with Crippen molar-refractivity contribution in [3.8, 4) is 17.2 Å². The van der Waals surface area contributed by atoms with Gasteiger partial charge in [-0.15, -0.1) is 11.6 Å². The van der Waals surface area contributed by atoms with Crippen molar-refractivity contribution in [3.05, 3.63) is 82.9 Å². The number of alkyl halides is 1. The molecule has 0 saturated heterocycles. The molecule has 43 heavy (non-hydrogen) atoms. The number of unbranched alkanes of at least 4 members (excludes halogenated alkanes) is 3. The Kier molecular flexibility index (Phi) is 10.1. The lowest BCUT2D eigenvalue weighted by molar-refractivity contribution is -0.120. The molecule has 0 saturated carbocycles. The Morgan fingerprint density at radius 2 is 1.63 bits per heavy atom. The summed E-state index contributed by atoms with van der Waals surface area (Å²) in [5.74, 6) is 1.03. The van der Waals surface area contributed by atoms with Gasteiger partial charge in [-0.3, -0.25) is 4.79 Å². The molecule has 0 fully saturated rings. The van der Waals surface area contributed by atoms with Gasteiger partial charge in [-0.25, -0.2) is 4.79 Å². The van der Waals surface area contributed by atoms with E-state index in [9.17, 15) is 14.7 Å². The number of nitrogens with one attached hydrogen (secondary N) is 1. The first-order valence-electron chi connectivity index (χ1n) is 14.6. The maximum absolute atomic E-state index is 13.0. The summed E-state index contributed by atoms with van der Waals surface area (Å²) in [6.45, 7) is 2.64. The second-order valence-electron chi connectivity index (χ2n) is 10.6. The molecule has 10 heteroatoms. The Hall–Kier alpha value is -3.79. The third-order valence-corrected chi connectivity index (χ3v) is 7.88. The Labute approximate surface area is 256 Å². The molecule has 1 amide bonds. The first-order chi connectivity index (χ1) is 20.9. The molecule has 3 aromatic rings. The molecule has 0 aromatic heterocycles. The van der Waals surface area contributed by atoms with Gasteiger partial charge in [-0.1, -0.05) is 31.0 Å². The van der Waals surface area contributed by atoms with Crippen molar-refractivity contribution in [2.45, 2.75) is 31.3 Å². The summed E-state index contributed by atoms with van der Waals surface area (Å²) in [7, 11) is 1.81. The van der Waals surface area contributed by atoms with Crippen LogP contribution in [0, 0.1) is 0 Å². The second kappa shape index (κ2) is 14.1. The van der Waals surface area contributed by atoms with Crippen LogP contribution < -0.4 is 15.0 Å². The van der Waals surface area contributed by atoms with E-state index in [2.05, 4.69) is 5.32 Å². The number of ether oxygens (including phenoxy) is 4. The van der Waals surface area contributed by atoms with Crippen LogP contribution in [0.1, 0.15) is 52.7 Å². The number of hydrogen-bond donors (Lipinski definition) is 2. The van der Waals surface area contributed by atoms with E-state index >= 15 is 0 Å². The smallest absolute Gasteiger partial charge is 0.340 e. The lowest BCUT2D eigenvalue weighted by atomic mass is 9.77. The number of phenols is 1. The Balaban J connectivity index is 1.17. The molecule has 2 N–H and O–H groups in total. The number of halogens is 1. The number of benzene rings is 3. The van der Waals surface area contributed by atoms with Crippen LogP contribution in [0.3, 0.4) is 0 Å². The van der Waals surface area contributed by atoms with Gasteiger partial charge in [0.05, 0.1) is 31.9 Å². The fourth-order valence-corrected chi connectivity index (χ4v) is 5.68. The summed E-state index contributed by atoms with van der Waals surface area (Å²) >= 11 is 5.67. The predicted octanol–water partition coefficient (Wildman–Crippen LogP) is 5.35. The van der Waals surface area contributed by atoms with Crippen LogP contribution in [-0.2, 0) is 24.6 Å². The fourth-order valence-electron chi connectivity index (χ4n) is 5.49. The van der Waals surface area contributed by atoms with E-state index in [0.717, 1.165) is 38.0 Å². The summed E-state index contributed by atoms with van der Waals surface area (Å²) < 4.78 is 23.5. The van der Waals surface area contributed by atoms with Gasteiger partial charge in [0, 0.05) is 60.6 Å². The maximum Gasteiger partial charge on any atom is 0.340 e. The van der Waals surface area contributed by atoms with E-state index in [-0.39, 0.29) is 18.2 Å². The summed E-state index contributed by atoms with van der Waals surface area (Å²) in [6.07, 6.45) is 4.32. The van der Waals surface area contributed by atoms with Crippen molar-refractivity contribution in [2.75, 3.05) is 57.3 Å². The van der Waals surface area contributed by atoms with Crippen molar-refractivity contribution in [1.82, 2.24) is 5.32 Å². The molecule has 9 nitrogen and oxygen atoms in total. The number of esters is 1. The van der Waals surface area contributed by atoms with Gasteiger partial charge in [0.15, 0.2) is 5.60 Å². The number of nitrogens with zero attached hydrogens (tertiary/aromatic N) is 1. The molecule has 0 bridgehead atoms. The lowest BCUT2D eigenvalue weighted by Crippen LogP contribution is -2.37. The zero-order valence-electron chi connectivity index (χ0n) is 24.3. The Bertz CT molecular complexity index is 1450. The minimum atomic E-state index is -1.21. The number of fused-ring (bicyclic) bond motifs is 6. The summed E-state index contributed by atoms with van der Waals surface area (Å²) in [5, 5.41) is 13.1. The number of phenolic OH excluding ortho intramolecular Hbond substituents is 1. The van der Waals surface area contributed by atoms with Gasteiger partial charge in [-0.05, 0) is 43.2 Å². The molecular weight excluding hydrogens is 572 g/mol. The highest BCUT2D eigenvalue weighted by Gasteiger charge is 2.53. The zero-order valence-corrected chi connectivity index (χ0v) is 25.0. The third-order valence-electron chi connectivity index (χ3n) is 7.62. The number of carbonyl (C=O) groups excluding carboxylic acids is 2.